The minimum Gasteiger partial charge on any atom is -0.0833 e. The van der Waals surface area contributed by atoms with E-state index in [-0.39, 0.29) is 0 Å². The fourth-order valence-electron chi connectivity index (χ4n) is 1.44. The molecule has 1 rings (SSSR count). The molecule has 2 heteroatoms. The maximum absolute atomic E-state index is 3.40. The molecule has 0 aromatic heterocycles. The molecule has 1 aliphatic carbocycles. The van der Waals surface area contributed by atoms with Gasteiger partial charge in [0.25, 0.3) is 0 Å². The lowest BCUT2D eigenvalue weighted by Crippen LogP contribution is -2.07. The van der Waals surface area contributed by atoms with Crippen molar-refractivity contribution in [3.05, 3.63) is 0 Å². The first-order valence-corrected chi connectivity index (χ1v) is 6.50. The Morgan fingerprint density at radius 2 is 1.89 bits per heavy atom. The van der Waals surface area contributed by atoms with Crippen LogP contribution in [-0.2, 0) is 0 Å². The highest BCUT2D eigenvalue weighted by molar-refractivity contribution is 9.50. The molecule has 0 bridgehead atoms. The molecule has 0 saturated heterocycles. The van der Waals surface area contributed by atoms with Gasteiger partial charge in [-0.1, -0.05) is 29.5 Å². The van der Waals surface area contributed by atoms with Crippen LogP contribution in [-0.4, -0.2) is 5.75 Å². The highest BCUT2D eigenvalue weighted by atomic mass is 79.9. The Morgan fingerprint density at radius 3 is 2.44 bits per heavy atom. The smallest absolute Gasteiger partial charge is 0.00709 e. The molecular formula is C7H13BrS. The molecule has 0 atom stereocenters. The summed E-state index contributed by atoms with van der Waals surface area (Å²) >= 11 is 3.40. The van der Waals surface area contributed by atoms with Crippen LogP contribution in [0.3, 0.4) is 0 Å². The lowest BCUT2D eigenvalue weighted by molar-refractivity contribution is 0.391. The Hall–Kier alpha value is 0.830. The standard InChI is InChI=1S/C7H13BrS/c8-9-6-7-4-2-1-3-5-7/h7H,1-6H2. The zero-order valence-corrected chi connectivity index (χ0v) is 8.01. The van der Waals surface area contributed by atoms with E-state index in [1.54, 1.807) is 0 Å². The van der Waals surface area contributed by atoms with E-state index in [1.807, 2.05) is 10.2 Å². The fourth-order valence-corrected chi connectivity index (χ4v) is 3.08. The summed E-state index contributed by atoms with van der Waals surface area (Å²) in [7, 11) is 1.82. The van der Waals surface area contributed by atoms with Crippen molar-refractivity contribution in [2.24, 2.45) is 5.92 Å². The van der Waals surface area contributed by atoms with Crippen molar-refractivity contribution in [3.63, 3.8) is 0 Å². The number of hydrogen-bond acceptors (Lipinski definition) is 1. The van der Waals surface area contributed by atoms with Crippen molar-refractivity contribution in [2.45, 2.75) is 32.1 Å². The van der Waals surface area contributed by atoms with Crippen LogP contribution < -0.4 is 0 Å². The molecule has 9 heavy (non-hydrogen) atoms. The summed E-state index contributed by atoms with van der Waals surface area (Å²) in [6.07, 6.45) is 7.36. The van der Waals surface area contributed by atoms with E-state index in [1.165, 1.54) is 37.9 Å². The number of hydrogen-bond donors (Lipinski definition) is 0. The van der Waals surface area contributed by atoms with E-state index in [4.69, 9.17) is 0 Å². The highest BCUT2D eigenvalue weighted by Gasteiger charge is 2.11. The third-order valence-corrected chi connectivity index (χ3v) is 3.41. The Morgan fingerprint density at radius 1 is 1.22 bits per heavy atom. The summed E-state index contributed by atoms with van der Waals surface area (Å²) in [6, 6.07) is 0. The summed E-state index contributed by atoms with van der Waals surface area (Å²) in [4.78, 5) is 0. The van der Waals surface area contributed by atoms with E-state index in [0.717, 1.165) is 5.92 Å². The van der Waals surface area contributed by atoms with E-state index in [9.17, 15) is 0 Å². The molecule has 1 fully saturated rings. The van der Waals surface area contributed by atoms with E-state index >= 15 is 0 Å². The first-order chi connectivity index (χ1) is 4.43. The van der Waals surface area contributed by atoms with Gasteiger partial charge in [0.05, 0.1) is 0 Å². The van der Waals surface area contributed by atoms with Gasteiger partial charge in [-0.05, 0) is 33.6 Å². The van der Waals surface area contributed by atoms with Crippen LogP contribution in [0, 0.1) is 5.92 Å². The molecular weight excluding hydrogens is 196 g/mol. The Kier molecular flexibility index (Phi) is 4.07. The lowest BCUT2D eigenvalue weighted by Gasteiger charge is -2.19. The second kappa shape index (κ2) is 4.62. The molecule has 0 radical (unpaired) electrons. The molecule has 0 unspecified atom stereocenters. The molecule has 54 valence electrons. The van der Waals surface area contributed by atoms with Gasteiger partial charge in [-0.3, -0.25) is 0 Å². The van der Waals surface area contributed by atoms with E-state index in [0.29, 0.717) is 0 Å². The van der Waals surface area contributed by atoms with Crippen molar-refractivity contribution >= 4 is 25.0 Å². The third-order valence-electron chi connectivity index (χ3n) is 2.02. The van der Waals surface area contributed by atoms with Crippen molar-refractivity contribution in [1.29, 1.82) is 0 Å². The van der Waals surface area contributed by atoms with Gasteiger partial charge in [0.2, 0.25) is 0 Å². The lowest BCUT2D eigenvalue weighted by atomic mass is 9.91. The average molecular weight is 209 g/mol. The Labute approximate surface area is 69.0 Å². The molecule has 1 aliphatic rings. The second-order valence-electron chi connectivity index (χ2n) is 2.78. The Bertz CT molecular complexity index is 66.6. The molecule has 0 amide bonds. The normalized spacial score (nSPS) is 22.3. The first-order valence-electron chi connectivity index (χ1n) is 3.67. The topological polar surface area (TPSA) is 0 Å². The maximum atomic E-state index is 3.40. The van der Waals surface area contributed by atoms with Gasteiger partial charge in [0, 0.05) is 5.75 Å². The van der Waals surface area contributed by atoms with Crippen LogP contribution >= 0.6 is 25.0 Å². The van der Waals surface area contributed by atoms with Crippen LogP contribution in [0.25, 0.3) is 0 Å². The van der Waals surface area contributed by atoms with Gasteiger partial charge in [-0.25, -0.2) is 0 Å². The molecule has 0 spiro atoms. The van der Waals surface area contributed by atoms with Crippen LogP contribution in [0.5, 0.6) is 0 Å². The number of rotatable bonds is 2. The van der Waals surface area contributed by atoms with Crippen molar-refractivity contribution in [3.8, 4) is 0 Å². The summed E-state index contributed by atoms with van der Waals surface area (Å²) in [5.41, 5.74) is 0. The van der Waals surface area contributed by atoms with Crippen molar-refractivity contribution in [2.75, 3.05) is 5.75 Å². The summed E-state index contributed by atoms with van der Waals surface area (Å²) in [5, 5.41) is 0. The monoisotopic (exact) mass is 208 g/mol. The highest BCUT2D eigenvalue weighted by Crippen LogP contribution is 2.28. The summed E-state index contributed by atoms with van der Waals surface area (Å²) in [6.45, 7) is 0. The van der Waals surface area contributed by atoms with E-state index < -0.39 is 0 Å². The fraction of sp³-hybridized carbons (Fsp3) is 1.00. The minimum absolute atomic E-state index is 1.02. The van der Waals surface area contributed by atoms with Gasteiger partial charge < -0.3 is 0 Å². The quantitative estimate of drug-likeness (QED) is 0.669. The van der Waals surface area contributed by atoms with Gasteiger partial charge in [-0.15, -0.1) is 0 Å². The molecule has 0 N–H and O–H groups in total. The van der Waals surface area contributed by atoms with Gasteiger partial charge in [0.15, 0.2) is 0 Å². The van der Waals surface area contributed by atoms with Crippen LogP contribution in [0.4, 0.5) is 0 Å². The first kappa shape index (κ1) is 7.93. The predicted octanol–water partition coefficient (Wildman–Crippen LogP) is 3.61. The van der Waals surface area contributed by atoms with Gasteiger partial charge in [-0.2, -0.15) is 0 Å². The third kappa shape index (κ3) is 2.94. The van der Waals surface area contributed by atoms with Crippen LogP contribution in [0.15, 0.2) is 0 Å². The van der Waals surface area contributed by atoms with Crippen LogP contribution in [0.1, 0.15) is 32.1 Å². The summed E-state index contributed by atoms with van der Waals surface area (Å²) in [5.74, 6) is 2.34. The molecule has 0 aromatic carbocycles. The molecule has 0 aliphatic heterocycles. The number of halogens is 1. The molecule has 0 aromatic rings. The summed E-state index contributed by atoms with van der Waals surface area (Å²) < 4.78 is 0. The van der Waals surface area contributed by atoms with Crippen molar-refractivity contribution in [1.82, 2.24) is 0 Å². The molecule has 0 nitrogen and oxygen atoms in total. The van der Waals surface area contributed by atoms with E-state index in [2.05, 4.69) is 14.8 Å². The zero-order valence-electron chi connectivity index (χ0n) is 5.61. The Balaban J connectivity index is 2.08. The van der Waals surface area contributed by atoms with Gasteiger partial charge in [0.1, 0.15) is 0 Å². The van der Waals surface area contributed by atoms with Crippen molar-refractivity contribution < 1.29 is 0 Å². The minimum atomic E-state index is 1.02. The average Bonchev–Trinajstić information content (AvgIpc) is 1.91. The zero-order chi connectivity index (χ0) is 6.53. The largest absolute Gasteiger partial charge is 0.0833 e. The second-order valence-corrected chi connectivity index (χ2v) is 4.70. The maximum Gasteiger partial charge on any atom is 0.00709 e. The van der Waals surface area contributed by atoms with Crippen LogP contribution in [0.2, 0.25) is 0 Å². The SMILES string of the molecule is BrSCC1CCCCC1. The van der Waals surface area contributed by atoms with Gasteiger partial charge >= 0.3 is 0 Å². The predicted molar refractivity (Wildman–Crippen MR) is 48.0 cm³/mol. The molecule has 1 saturated carbocycles. The molecule has 0 heterocycles.